The van der Waals surface area contributed by atoms with Crippen molar-refractivity contribution < 1.29 is 4.79 Å². The van der Waals surface area contributed by atoms with Crippen molar-refractivity contribution in [3.8, 4) is 33.1 Å². The molecule has 3 N–H and O–H groups in total. The molecule has 0 saturated heterocycles. The maximum atomic E-state index is 12.8. The lowest BCUT2D eigenvalue weighted by atomic mass is 9.88. The standard InChI is InChI=1S/C29H25N7OS/c37-29(17-5-2-1-3-6-17)32-19-11-18(13-30-14-19)22-8-9-23-27(34-22)28(36-35-23)24-12-20-21(26-7-4-10-38-26)15-31-16-25(20)33-24/h4,7-17,33H,1-3,5-6H2,(H,32,37)(H,35,36). The van der Waals surface area contributed by atoms with E-state index in [0.717, 1.165) is 75.8 Å². The summed E-state index contributed by atoms with van der Waals surface area (Å²) in [5.41, 5.74) is 7.54. The first-order valence-electron chi connectivity index (χ1n) is 12.9. The summed E-state index contributed by atoms with van der Waals surface area (Å²) < 4.78 is 0. The highest BCUT2D eigenvalue weighted by Crippen LogP contribution is 2.35. The number of carbonyl (C=O) groups excluding carboxylic acids is 1. The van der Waals surface area contributed by atoms with Gasteiger partial charge in [-0.25, -0.2) is 4.98 Å². The summed E-state index contributed by atoms with van der Waals surface area (Å²) in [5, 5.41) is 13.9. The van der Waals surface area contributed by atoms with Gasteiger partial charge in [-0.3, -0.25) is 19.9 Å². The minimum atomic E-state index is 0.0828. The summed E-state index contributed by atoms with van der Waals surface area (Å²) >= 11 is 1.69. The van der Waals surface area contributed by atoms with Crippen LogP contribution in [0.1, 0.15) is 32.1 Å². The summed E-state index contributed by atoms with van der Waals surface area (Å²) in [5.74, 6) is 0.168. The number of hydrogen-bond donors (Lipinski definition) is 3. The highest BCUT2D eigenvalue weighted by atomic mass is 32.1. The molecule has 1 amide bonds. The quantitative estimate of drug-likeness (QED) is 0.232. The van der Waals surface area contributed by atoms with Gasteiger partial charge in [0.1, 0.15) is 11.2 Å². The Labute approximate surface area is 222 Å². The highest BCUT2D eigenvalue weighted by Gasteiger charge is 2.21. The van der Waals surface area contributed by atoms with Crippen LogP contribution in [0.4, 0.5) is 5.69 Å². The molecule has 0 aliphatic heterocycles. The topological polar surface area (TPSA) is 112 Å². The number of hydrogen-bond acceptors (Lipinski definition) is 6. The van der Waals surface area contributed by atoms with Crippen LogP contribution in [0.15, 0.2) is 66.6 Å². The molecule has 0 atom stereocenters. The first-order chi connectivity index (χ1) is 18.7. The summed E-state index contributed by atoms with van der Waals surface area (Å²) in [6, 6.07) is 12.1. The Morgan fingerprint density at radius 3 is 2.74 bits per heavy atom. The third kappa shape index (κ3) is 4.14. The van der Waals surface area contributed by atoms with Gasteiger partial charge in [0.25, 0.3) is 0 Å². The molecule has 8 nitrogen and oxygen atoms in total. The van der Waals surface area contributed by atoms with Crippen molar-refractivity contribution in [3.05, 3.63) is 66.6 Å². The van der Waals surface area contributed by atoms with Gasteiger partial charge in [-0.15, -0.1) is 11.3 Å². The molecule has 6 aromatic rings. The Kier molecular flexibility index (Phi) is 5.70. The molecule has 188 valence electrons. The van der Waals surface area contributed by atoms with Gasteiger partial charge >= 0.3 is 0 Å². The van der Waals surface area contributed by atoms with Crippen LogP contribution in [-0.2, 0) is 4.79 Å². The predicted octanol–water partition coefficient (Wildman–Crippen LogP) is 6.81. The fourth-order valence-corrected chi connectivity index (χ4v) is 6.06. The number of aromatic nitrogens is 6. The van der Waals surface area contributed by atoms with Crippen molar-refractivity contribution in [2.75, 3.05) is 5.32 Å². The zero-order valence-corrected chi connectivity index (χ0v) is 21.4. The average molecular weight is 520 g/mol. The highest BCUT2D eigenvalue weighted by molar-refractivity contribution is 7.13. The fourth-order valence-electron chi connectivity index (χ4n) is 5.31. The van der Waals surface area contributed by atoms with E-state index in [1.54, 1.807) is 23.7 Å². The van der Waals surface area contributed by atoms with Crippen molar-refractivity contribution >= 4 is 44.9 Å². The Hall–Kier alpha value is -4.37. The molecule has 7 rings (SSSR count). The predicted molar refractivity (Wildman–Crippen MR) is 151 cm³/mol. The molecule has 6 heterocycles. The van der Waals surface area contributed by atoms with Gasteiger partial charge in [-0.05, 0) is 48.6 Å². The van der Waals surface area contributed by atoms with Gasteiger partial charge in [0.15, 0.2) is 0 Å². The van der Waals surface area contributed by atoms with Crippen LogP contribution in [0.25, 0.3) is 55.0 Å². The van der Waals surface area contributed by atoms with Crippen molar-refractivity contribution in [1.29, 1.82) is 0 Å². The minimum Gasteiger partial charge on any atom is -0.352 e. The van der Waals surface area contributed by atoms with Crippen LogP contribution in [0.5, 0.6) is 0 Å². The number of rotatable bonds is 5. The molecule has 0 aromatic carbocycles. The van der Waals surface area contributed by atoms with Crippen LogP contribution in [-0.4, -0.2) is 36.0 Å². The summed E-state index contributed by atoms with van der Waals surface area (Å²) in [6.45, 7) is 0. The molecule has 0 radical (unpaired) electrons. The molecule has 9 heteroatoms. The molecule has 0 spiro atoms. The molecule has 1 aliphatic carbocycles. The number of H-pyrrole nitrogens is 2. The molecular weight excluding hydrogens is 494 g/mol. The number of fused-ring (bicyclic) bond motifs is 2. The van der Waals surface area contributed by atoms with Crippen molar-refractivity contribution in [3.63, 3.8) is 0 Å². The van der Waals surface area contributed by atoms with Gasteiger partial charge in [0.05, 0.1) is 40.5 Å². The van der Waals surface area contributed by atoms with E-state index >= 15 is 0 Å². The summed E-state index contributed by atoms with van der Waals surface area (Å²) in [7, 11) is 0. The fraction of sp³-hybridized carbons (Fsp3) is 0.207. The second-order valence-electron chi connectivity index (χ2n) is 9.76. The second kappa shape index (κ2) is 9.50. The second-order valence-corrected chi connectivity index (χ2v) is 10.7. The lowest BCUT2D eigenvalue weighted by molar-refractivity contribution is -0.120. The molecule has 0 bridgehead atoms. The number of amides is 1. The molecule has 38 heavy (non-hydrogen) atoms. The molecule has 0 unspecified atom stereocenters. The smallest absolute Gasteiger partial charge is 0.227 e. The van der Waals surface area contributed by atoms with Crippen molar-refractivity contribution in [1.82, 2.24) is 30.1 Å². The lowest BCUT2D eigenvalue weighted by Crippen LogP contribution is -2.24. The SMILES string of the molecule is O=C(Nc1cncc(-c2ccc3[nH]nc(-c4cc5c(-c6cccs6)cncc5[nH]4)c3n2)c1)C1CCCCC1. The summed E-state index contributed by atoms with van der Waals surface area (Å²) in [6.07, 6.45) is 12.6. The van der Waals surface area contributed by atoms with Crippen LogP contribution < -0.4 is 5.32 Å². The zero-order valence-electron chi connectivity index (χ0n) is 20.6. The van der Waals surface area contributed by atoms with Crippen molar-refractivity contribution in [2.45, 2.75) is 32.1 Å². The Morgan fingerprint density at radius 1 is 0.974 bits per heavy atom. The molecule has 1 aliphatic rings. The number of carbonyl (C=O) groups is 1. The van der Waals surface area contributed by atoms with E-state index in [0.29, 0.717) is 5.69 Å². The van der Waals surface area contributed by atoms with E-state index in [-0.39, 0.29) is 11.8 Å². The maximum absolute atomic E-state index is 12.8. The first kappa shape index (κ1) is 22.8. The van der Waals surface area contributed by atoms with Gasteiger partial charge < -0.3 is 10.3 Å². The van der Waals surface area contributed by atoms with E-state index in [9.17, 15) is 4.79 Å². The van der Waals surface area contributed by atoms with E-state index in [1.807, 2.05) is 36.7 Å². The van der Waals surface area contributed by atoms with Crippen LogP contribution in [0.2, 0.25) is 0 Å². The molecule has 1 fully saturated rings. The van der Waals surface area contributed by atoms with Gasteiger partial charge in [-0.2, -0.15) is 5.10 Å². The molecular formula is C29H25N7OS. The first-order valence-corrected chi connectivity index (χ1v) is 13.7. The number of pyridine rings is 3. The number of nitrogens with zero attached hydrogens (tertiary/aromatic N) is 4. The number of thiophene rings is 1. The number of nitrogens with one attached hydrogen (secondary N) is 3. The van der Waals surface area contributed by atoms with Crippen LogP contribution >= 0.6 is 11.3 Å². The third-order valence-electron chi connectivity index (χ3n) is 7.27. The normalized spacial score (nSPS) is 14.3. The minimum absolute atomic E-state index is 0.0828. The van der Waals surface area contributed by atoms with E-state index in [4.69, 9.17) is 4.98 Å². The van der Waals surface area contributed by atoms with Gasteiger partial charge in [-0.1, -0.05) is 25.3 Å². The van der Waals surface area contributed by atoms with Crippen molar-refractivity contribution in [2.24, 2.45) is 5.92 Å². The van der Waals surface area contributed by atoms with Gasteiger partial charge in [0.2, 0.25) is 5.91 Å². The number of aromatic amines is 2. The monoisotopic (exact) mass is 519 g/mol. The van der Waals surface area contributed by atoms with Crippen LogP contribution in [0.3, 0.4) is 0 Å². The molecule has 6 aromatic heterocycles. The number of anilines is 1. The Balaban J connectivity index is 1.23. The van der Waals surface area contributed by atoms with E-state index in [2.05, 4.69) is 48.0 Å². The summed E-state index contributed by atoms with van der Waals surface area (Å²) in [4.78, 5) is 31.2. The van der Waals surface area contributed by atoms with E-state index < -0.39 is 0 Å². The largest absolute Gasteiger partial charge is 0.352 e. The van der Waals surface area contributed by atoms with Crippen LogP contribution in [0, 0.1) is 5.92 Å². The Morgan fingerprint density at radius 2 is 1.87 bits per heavy atom. The van der Waals surface area contributed by atoms with Gasteiger partial charge in [0, 0.05) is 39.7 Å². The zero-order chi connectivity index (χ0) is 25.5. The molecule has 1 saturated carbocycles. The van der Waals surface area contributed by atoms with E-state index in [1.165, 1.54) is 11.3 Å². The maximum Gasteiger partial charge on any atom is 0.227 e. The average Bonchev–Trinajstić information content (AvgIpc) is 3.73. The lowest BCUT2D eigenvalue weighted by Gasteiger charge is -2.20. The third-order valence-corrected chi connectivity index (χ3v) is 8.18. The Bertz CT molecular complexity index is 1760.